The largest absolute Gasteiger partial charge is 0.481 e. The van der Waals surface area contributed by atoms with E-state index in [0.717, 1.165) is 22.6 Å². The maximum absolute atomic E-state index is 10.6. The van der Waals surface area contributed by atoms with Crippen LogP contribution in [0.25, 0.3) is 0 Å². The molecule has 0 radical (unpaired) electrons. The van der Waals surface area contributed by atoms with Crippen LogP contribution in [0.4, 0.5) is 5.13 Å². The molecular weight excluding hydrogens is 280 g/mol. The van der Waals surface area contributed by atoms with Crippen LogP contribution in [0.15, 0.2) is 9.98 Å². The first-order valence-electron chi connectivity index (χ1n) is 4.71. The molecule has 0 saturated heterocycles. The smallest absolute Gasteiger partial charge is 0.305 e. The monoisotopic (exact) mass is 292 g/mol. The number of halogens is 1. The highest BCUT2D eigenvalue weighted by Gasteiger charge is 2.13. The summed E-state index contributed by atoms with van der Waals surface area (Å²) in [5, 5.41) is 14.5. The van der Waals surface area contributed by atoms with Crippen LogP contribution in [0.3, 0.4) is 0 Å². The molecule has 0 aliphatic heterocycles. The summed E-state index contributed by atoms with van der Waals surface area (Å²) >= 11 is 4.72. The van der Waals surface area contributed by atoms with E-state index in [1.165, 1.54) is 11.3 Å². The van der Waals surface area contributed by atoms with E-state index in [1.807, 2.05) is 12.3 Å². The molecule has 84 valence electrons. The molecule has 4 nitrogen and oxygen atoms in total. The second kappa shape index (κ2) is 6.07. The van der Waals surface area contributed by atoms with Crippen molar-refractivity contribution >= 4 is 38.4 Å². The van der Waals surface area contributed by atoms with E-state index in [1.54, 1.807) is 0 Å². The van der Waals surface area contributed by atoms with Gasteiger partial charge in [-0.15, -0.1) is 11.3 Å². The molecule has 0 aliphatic rings. The number of carboxylic acids is 1. The average molecular weight is 293 g/mol. The minimum absolute atomic E-state index is 0.0365. The molecule has 1 aromatic rings. The second-order valence-electron chi connectivity index (χ2n) is 3.20. The Hall–Kier alpha value is -0.620. The van der Waals surface area contributed by atoms with E-state index < -0.39 is 5.97 Å². The third-order valence-electron chi connectivity index (χ3n) is 1.86. The normalized spacial score (nSPS) is 12.4. The lowest BCUT2D eigenvalue weighted by atomic mass is 10.1. The summed E-state index contributed by atoms with van der Waals surface area (Å²) in [6.45, 7) is 2.04. The lowest BCUT2D eigenvalue weighted by molar-refractivity contribution is -0.137. The maximum atomic E-state index is 10.6. The van der Waals surface area contributed by atoms with E-state index in [4.69, 9.17) is 5.11 Å². The van der Waals surface area contributed by atoms with Crippen LogP contribution in [-0.2, 0) is 4.79 Å². The van der Waals surface area contributed by atoms with Crippen LogP contribution < -0.4 is 5.32 Å². The van der Waals surface area contributed by atoms with Crippen molar-refractivity contribution in [2.75, 3.05) is 5.32 Å². The van der Waals surface area contributed by atoms with Crippen LogP contribution in [0, 0.1) is 0 Å². The van der Waals surface area contributed by atoms with E-state index in [2.05, 4.69) is 26.2 Å². The molecule has 0 spiro atoms. The number of hydrogen-bond acceptors (Lipinski definition) is 4. The minimum atomic E-state index is -0.781. The molecule has 1 heterocycles. The average Bonchev–Trinajstić information content (AvgIpc) is 2.50. The maximum Gasteiger partial charge on any atom is 0.305 e. The highest BCUT2D eigenvalue weighted by molar-refractivity contribution is 9.10. The van der Waals surface area contributed by atoms with Gasteiger partial charge in [-0.05, 0) is 22.4 Å². The van der Waals surface area contributed by atoms with Crippen LogP contribution >= 0.6 is 27.3 Å². The van der Waals surface area contributed by atoms with E-state index in [-0.39, 0.29) is 12.5 Å². The van der Waals surface area contributed by atoms with Crippen molar-refractivity contribution < 1.29 is 9.90 Å². The zero-order chi connectivity index (χ0) is 11.3. The fourth-order valence-corrected chi connectivity index (χ4v) is 2.50. The molecule has 2 N–H and O–H groups in total. The molecular formula is C9H13BrN2O2S. The lowest BCUT2D eigenvalue weighted by Crippen LogP contribution is -2.22. The van der Waals surface area contributed by atoms with Crippen molar-refractivity contribution in [2.45, 2.75) is 32.2 Å². The zero-order valence-corrected chi connectivity index (χ0v) is 10.8. The van der Waals surface area contributed by atoms with Gasteiger partial charge in [-0.2, -0.15) is 0 Å². The van der Waals surface area contributed by atoms with Gasteiger partial charge in [0.25, 0.3) is 0 Å². The molecule has 1 unspecified atom stereocenters. The third-order valence-corrected chi connectivity index (χ3v) is 3.34. The standard InChI is InChI=1S/C9H13BrN2O2S/c1-2-3-6(4-8(13)14)11-9-12-7(10)5-15-9/h5-6H,2-4H2,1H3,(H,11,12)(H,13,14). The number of nitrogens with zero attached hydrogens (tertiary/aromatic N) is 1. The van der Waals surface area contributed by atoms with Crippen molar-refractivity contribution in [2.24, 2.45) is 0 Å². The summed E-state index contributed by atoms with van der Waals surface area (Å²) in [6.07, 6.45) is 1.92. The number of carboxylic acid groups (broad SMARTS) is 1. The fourth-order valence-electron chi connectivity index (χ4n) is 1.28. The Morgan fingerprint density at radius 3 is 3.00 bits per heavy atom. The molecule has 0 bridgehead atoms. The Balaban J connectivity index is 2.53. The quantitative estimate of drug-likeness (QED) is 0.846. The van der Waals surface area contributed by atoms with Crippen molar-refractivity contribution in [1.29, 1.82) is 0 Å². The number of aromatic nitrogens is 1. The summed E-state index contributed by atoms with van der Waals surface area (Å²) in [6, 6.07) is -0.0365. The Kier molecular flexibility index (Phi) is 5.04. The van der Waals surface area contributed by atoms with Crippen LogP contribution in [0.2, 0.25) is 0 Å². The Morgan fingerprint density at radius 2 is 2.53 bits per heavy atom. The van der Waals surface area contributed by atoms with Gasteiger partial charge in [0.15, 0.2) is 5.13 Å². The van der Waals surface area contributed by atoms with E-state index in [0.29, 0.717) is 0 Å². The number of thiazole rings is 1. The second-order valence-corrected chi connectivity index (χ2v) is 4.87. The fraction of sp³-hybridized carbons (Fsp3) is 0.556. The molecule has 1 atom stereocenters. The van der Waals surface area contributed by atoms with E-state index >= 15 is 0 Å². The third kappa shape index (κ3) is 4.61. The first kappa shape index (κ1) is 12.4. The molecule has 15 heavy (non-hydrogen) atoms. The molecule has 1 aromatic heterocycles. The van der Waals surface area contributed by atoms with Crippen LogP contribution in [-0.4, -0.2) is 22.1 Å². The number of nitrogens with one attached hydrogen (secondary N) is 1. The van der Waals surface area contributed by atoms with Gasteiger partial charge in [-0.3, -0.25) is 4.79 Å². The number of carbonyl (C=O) groups is 1. The summed E-state index contributed by atoms with van der Waals surface area (Å²) in [7, 11) is 0. The molecule has 6 heteroatoms. The van der Waals surface area contributed by atoms with E-state index in [9.17, 15) is 4.79 Å². The summed E-state index contributed by atoms with van der Waals surface area (Å²) in [4.78, 5) is 14.8. The topological polar surface area (TPSA) is 62.2 Å². The van der Waals surface area contributed by atoms with Crippen molar-refractivity contribution in [3.63, 3.8) is 0 Å². The molecule has 0 aliphatic carbocycles. The van der Waals surface area contributed by atoms with Gasteiger partial charge in [0, 0.05) is 11.4 Å². The predicted octanol–water partition coefficient (Wildman–Crippen LogP) is 2.96. The highest BCUT2D eigenvalue weighted by atomic mass is 79.9. The number of aliphatic carboxylic acids is 1. The molecule has 0 fully saturated rings. The molecule has 0 saturated carbocycles. The SMILES string of the molecule is CCCC(CC(=O)O)Nc1nc(Br)cs1. The summed E-state index contributed by atoms with van der Waals surface area (Å²) in [5.74, 6) is -0.781. The van der Waals surface area contributed by atoms with Gasteiger partial charge in [-0.1, -0.05) is 13.3 Å². The molecule has 0 aromatic carbocycles. The Bertz CT molecular complexity index is 330. The lowest BCUT2D eigenvalue weighted by Gasteiger charge is -2.14. The van der Waals surface area contributed by atoms with Crippen molar-refractivity contribution in [1.82, 2.24) is 4.98 Å². The van der Waals surface area contributed by atoms with Gasteiger partial charge < -0.3 is 10.4 Å². The number of hydrogen-bond donors (Lipinski definition) is 2. The van der Waals surface area contributed by atoms with Gasteiger partial charge in [0.1, 0.15) is 4.60 Å². The molecule has 0 amide bonds. The van der Waals surface area contributed by atoms with Gasteiger partial charge in [0.05, 0.1) is 6.42 Å². The summed E-state index contributed by atoms with van der Waals surface area (Å²) in [5.41, 5.74) is 0. The highest BCUT2D eigenvalue weighted by Crippen LogP contribution is 2.21. The van der Waals surface area contributed by atoms with Crippen LogP contribution in [0.5, 0.6) is 0 Å². The first-order chi connectivity index (χ1) is 7.11. The van der Waals surface area contributed by atoms with Gasteiger partial charge in [0.2, 0.25) is 0 Å². The van der Waals surface area contributed by atoms with Crippen LogP contribution in [0.1, 0.15) is 26.2 Å². The Labute approximate surface area is 101 Å². The number of anilines is 1. The van der Waals surface area contributed by atoms with Gasteiger partial charge >= 0.3 is 5.97 Å². The minimum Gasteiger partial charge on any atom is -0.481 e. The van der Waals surface area contributed by atoms with Crippen molar-refractivity contribution in [3.8, 4) is 0 Å². The predicted molar refractivity (Wildman–Crippen MR) is 64.4 cm³/mol. The summed E-state index contributed by atoms with van der Waals surface area (Å²) < 4.78 is 0.778. The first-order valence-corrected chi connectivity index (χ1v) is 6.38. The van der Waals surface area contributed by atoms with Crippen molar-refractivity contribution in [3.05, 3.63) is 9.98 Å². The molecule has 1 rings (SSSR count). The Morgan fingerprint density at radius 1 is 1.80 bits per heavy atom. The number of rotatable bonds is 6. The zero-order valence-electron chi connectivity index (χ0n) is 8.36. The van der Waals surface area contributed by atoms with Gasteiger partial charge in [-0.25, -0.2) is 4.98 Å².